The zero-order valence-electron chi connectivity index (χ0n) is 12.7. The van der Waals surface area contributed by atoms with Gasteiger partial charge in [0.15, 0.2) is 0 Å². The van der Waals surface area contributed by atoms with Crippen molar-refractivity contribution in [2.45, 2.75) is 58.2 Å². The first kappa shape index (κ1) is 16.9. The molecular formula is C15H32N2O2. The second-order valence-electron chi connectivity index (χ2n) is 5.48. The number of rotatable bonds is 10. The molecule has 0 aromatic carbocycles. The highest BCUT2D eigenvalue weighted by Crippen LogP contribution is 2.20. The first-order valence-electron chi connectivity index (χ1n) is 7.99. The van der Waals surface area contributed by atoms with Crippen molar-refractivity contribution in [2.75, 3.05) is 39.3 Å². The van der Waals surface area contributed by atoms with E-state index in [1.165, 1.54) is 32.1 Å². The maximum atomic E-state index is 9.86. The van der Waals surface area contributed by atoms with Gasteiger partial charge < -0.3 is 20.1 Å². The monoisotopic (exact) mass is 272 g/mol. The van der Waals surface area contributed by atoms with Gasteiger partial charge in [0.25, 0.3) is 0 Å². The predicted molar refractivity (Wildman–Crippen MR) is 79.5 cm³/mol. The first-order chi connectivity index (χ1) is 9.26. The third-order valence-corrected chi connectivity index (χ3v) is 3.96. The lowest BCUT2D eigenvalue weighted by Gasteiger charge is -2.24. The molecule has 0 aromatic heterocycles. The minimum absolute atomic E-state index is 0.376. The molecule has 0 bridgehead atoms. The lowest BCUT2D eigenvalue weighted by atomic mass is 9.98. The van der Waals surface area contributed by atoms with Crippen molar-refractivity contribution in [1.82, 2.24) is 10.2 Å². The third kappa shape index (κ3) is 7.88. The minimum Gasteiger partial charge on any atom is -0.389 e. The Balaban J connectivity index is 1.96. The highest BCUT2D eigenvalue weighted by Gasteiger charge is 2.15. The molecule has 2 N–H and O–H groups in total. The van der Waals surface area contributed by atoms with Crippen LogP contribution in [0.25, 0.3) is 0 Å². The Morgan fingerprint density at radius 1 is 1.21 bits per heavy atom. The van der Waals surface area contributed by atoms with Crippen LogP contribution in [-0.2, 0) is 4.74 Å². The van der Waals surface area contributed by atoms with Gasteiger partial charge in [-0.15, -0.1) is 0 Å². The number of hydrogen-bond acceptors (Lipinski definition) is 4. The van der Waals surface area contributed by atoms with Crippen LogP contribution in [-0.4, -0.2) is 61.5 Å². The molecule has 1 fully saturated rings. The molecule has 0 heterocycles. The van der Waals surface area contributed by atoms with E-state index in [4.69, 9.17) is 4.74 Å². The Labute approximate surface area is 118 Å². The summed E-state index contributed by atoms with van der Waals surface area (Å²) in [5.41, 5.74) is 0. The van der Waals surface area contributed by atoms with E-state index >= 15 is 0 Å². The Morgan fingerprint density at radius 3 is 2.53 bits per heavy atom. The largest absolute Gasteiger partial charge is 0.389 e. The molecule has 4 heteroatoms. The van der Waals surface area contributed by atoms with Gasteiger partial charge in [-0.25, -0.2) is 0 Å². The number of hydrogen-bond donors (Lipinski definition) is 2. The van der Waals surface area contributed by atoms with Gasteiger partial charge in [-0.05, 0) is 25.9 Å². The summed E-state index contributed by atoms with van der Waals surface area (Å²) >= 11 is 0. The number of nitrogens with one attached hydrogen (secondary N) is 1. The van der Waals surface area contributed by atoms with Gasteiger partial charge in [0, 0.05) is 19.6 Å². The Hall–Kier alpha value is -0.160. The van der Waals surface area contributed by atoms with Gasteiger partial charge in [-0.1, -0.05) is 33.1 Å². The average Bonchev–Trinajstić information content (AvgIpc) is 2.46. The highest BCUT2D eigenvalue weighted by atomic mass is 16.5. The molecule has 0 spiro atoms. The van der Waals surface area contributed by atoms with Crippen molar-refractivity contribution in [2.24, 2.45) is 0 Å². The summed E-state index contributed by atoms with van der Waals surface area (Å²) < 4.78 is 5.76. The summed E-state index contributed by atoms with van der Waals surface area (Å²) in [6, 6.07) is 0. The van der Waals surface area contributed by atoms with Crippen molar-refractivity contribution in [3.8, 4) is 0 Å². The molecule has 0 aromatic rings. The Bertz CT molecular complexity index is 204. The van der Waals surface area contributed by atoms with E-state index in [0.29, 0.717) is 19.3 Å². The molecule has 19 heavy (non-hydrogen) atoms. The van der Waals surface area contributed by atoms with Crippen LogP contribution in [0.3, 0.4) is 0 Å². The van der Waals surface area contributed by atoms with Crippen LogP contribution in [0.1, 0.15) is 46.0 Å². The lowest BCUT2D eigenvalue weighted by molar-refractivity contribution is -0.0229. The maximum absolute atomic E-state index is 9.86. The molecule has 1 rings (SSSR count). The molecular weight excluding hydrogens is 240 g/mol. The normalized spacial score (nSPS) is 18.9. The van der Waals surface area contributed by atoms with Crippen LogP contribution in [0.4, 0.5) is 0 Å². The zero-order chi connectivity index (χ0) is 13.9. The molecule has 1 aliphatic carbocycles. The maximum Gasteiger partial charge on any atom is 0.0897 e. The summed E-state index contributed by atoms with van der Waals surface area (Å²) in [6.45, 7) is 9.62. The topological polar surface area (TPSA) is 44.7 Å². The van der Waals surface area contributed by atoms with Crippen LogP contribution in [0.15, 0.2) is 0 Å². The number of nitrogens with zero attached hydrogens (tertiary/aromatic N) is 1. The van der Waals surface area contributed by atoms with Crippen LogP contribution in [0.2, 0.25) is 0 Å². The molecule has 4 nitrogen and oxygen atoms in total. The number of ether oxygens (including phenoxy) is 1. The SMILES string of the molecule is CCN(CC)CCNCC(O)COC1CCCCC1. The van der Waals surface area contributed by atoms with E-state index in [2.05, 4.69) is 24.1 Å². The summed E-state index contributed by atoms with van der Waals surface area (Å²) in [4.78, 5) is 2.37. The van der Waals surface area contributed by atoms with Crippen molar-refractivity contribution >= 4 is 0 Å². The fourth-order valence-electron chi connectivity index (χ4n) is 2.58. The van der Waals surface area contributed by atoms with E-state index in [9.17, 15) is 5.11 Å². The van der Waals surface area contributed by atoms with E-state index in [1.807, 2.05) is 0 Å². The smallest absolute Gasteiger partial charge is 0.0897 e. The van der Waals surface area contributed by atoms with Crippen molar-refractivity contribution < 1.29 is 9.84 Å². The lowest BCUT2D eigenvalue weighted by Crippen LogP contribution is -2.37. The number of aliphatic hydroxyl groups excluding tert-OH is 1. The minimum atomic E-state index is -0.376. The number of aliphatic hydroxyl groups is 1. The zero-order valence-corrected chi connectivity index (χ0v) is 12.7. The first-order valence-corrected chi connectivity index (χ1v) is 7.99. The standard InChI is InChI=1S/C15H32N2O2/c1-3-17(4-2)11-10-16-12-14(18)13-19-15-8-6-5-7-9-15/h14-16,18H,3-13H2,1-2H3. The summed E-state index contributed by atoms with van der Waals surface area (Å²) in [5.74, 6) is 0. The van der Waals surface area contributed by atoms with Gasteiger partial charge in [-0.2, -0.15) is 0 Å². The quantitative estimate of drug-likeness (QED) is 0.593. The predicted octanol–water partition coefficient (Wildman–Crippen LogP) is 1.63. The molecule has 1 unspecified atom stereocenters. The second kappa shape index (κ2) is 10.6. The molecule has 0 aliphatic heterocycles. The van der Waals surface area contributed by atoms with Crippen LogP contribution in [0.5, 0.6) is 0 Å². The van der Waals surface area contributed by atoms with Crippen molar-refractivity contribution in [1.29, 1.82) is 0 Å². The molecule has 0 radical (unpaired) electrons. The van der Waals surface area contributed by atoms with Crippen LogP contribution >= 0.6 is 0 Å². The van der Waals surface area contributed by atoms with Gasteiger partial charge in [-0.3, -0.25) is 0 Å². The van der Waals surface area contributed by atoms with Crippen LogP contribution in [0, 0.1) is 0 Å². The van der Waals surface area contributed by atoms with Crippen molar-refractivity contribution in [3.63, 3.8) is 0 Å². The third-order valence-electron chi connectivity index (χ3n) is 3.96. The van der Waals surface area contributed by atoms with E-state index < -0.39 is 0 Å². The average molecular weight is 272 g/mol. The van der Waals surface area contributed by atoms with Gasteiger partial charge >= 0.3 is 0 Å². The molecule has 1 saturated carbocycles. The van der Waals surface area contributed by atoms with Gasteiger partial charge in [0.1, 0.15) is 0 Å². The fraction of sp³-hybridized carbons (Fsp3) is 1.00. The highest BCUT2D eigenvalue weighted by molar-refractivity contribution is 4.67. The Morgan fingerprint density at radius 2 is 1.89 bits per heavy atom. The van der Waals surface area contributed by atoms with Crippen LogP contribution < -0.4 is 5.32 Å². The fourth-order valence-corrected chi connectivity index (χ4v) is 2.58. The van der Waals surface area contributed by atoms with Gasteiger partial charge in [0.05, 0.1) is 18.8 Å². The molecule has 1 atom stereocenters. The summed E-state index contributed by atoms with van der Waals surface area (Å²) in [7, 11) is 0. The second-order valence-corrected chi connectivity index (χ2v) is 5.48. The van der Waals surface area contributed by atoms with E-state index in [-0.39, 0.29) is 6.10 Å². The molecule has 0 amide bonds. The molecule has 1 aliphatic rings. The Kier molecular flexibility index (Phi) is 9.43. The number of likely N-dealkylation sites (N-methyl/N-ethyl adjacent to an activating group) is 1. The van der Waals surface area contributed by atoms with E-state index in [1.54, 1.807) is 0 Å². The van der Waals surface area contributed by atoms with Crippen molar-refractivity contribution in [3.05, 3.63) is 0 Å². The van der Waals surface area contributed by atoms with E-state index in [0.717, 1.165) is 26.2 Å². The molecule has 0 saturated heterocycles. The summed E-state index contributed by atoms with van der Waals surface area (Å²) in [5, 5.41) is 13.2. The molecule has 114 valence electrons. The summed E-state index contributed by atoms with van der Waals surface area (Å²) in [6.07, 6.45) is 6.25. The van der Waals surface area contributed by atoms with Gasteiger partial charge in [0.2, 0.25) is 0 Å².